The fourth-order valence-corrected chi connectivity index (χ4v) is 3.97. The zero-order chi connectivity index (χ0) is 22.5. The lowest BCUT2D eigenvalue weighted by Gasteiger charge is -2.11. The molecule has 3 rings (SSSR count). The van der Waals surface area contributed by atoms with Crippen molar-refractivity contribution < 1.29 is 0 Å². The van der Waals surface area contributed by atoms with E-state index in [1.807, 2.05) is 74.9 Å². The first-order valence-electron chi connectivity index (χ1n) is 11.2. The van der Waals surface area contributed by atoms with E-state index in [2.05, 4.69) is 23.4 Å². The van der Waals surface area contributed by atoms with Gasteiger partial charge in [0, 0.05) is 28.5 Å². The van der Waals surface area contributed by atoms with Gasteiger partial charge in [0.25, 0.3) is 0 Å². The Morgan fingerprint density at radius 1 is 0.903 bits per heavy atom. The molecular weight excluding hydrogens is 422 g/mol. The summed E-state index contributed by atoms with van der Waals surface area (Å²) in [5.74, 6) is 2.03. The van der Waals surface area contributed by atoms with Crippen LogP contribution < -0.4 is 0 Å². The first-order chi connectivity index (χ1) is 15.1. The molecule has 1 heterocycles. The maximum atomic E-state index is 6.22. The Bertz CT molecular complexity index is 902. The summed E-state index contributed by atoms with van der Waals surface area (Å²) in [5, 5.41) is 1.47. The Hall–Kier alpha value is -1.97. The summed E-state index contributed by atoms with van der Waals surface area (Å²) in [6.07, 6.45) is 12.0. The molecule has 0 radical (unpaired) electrons. The quantitative estimate of drug-likeness (QED) is 0.240. The standard InChI is InChI=1S/C14H11BCl2.C12H22N2/c15-9-12(10-5-1-3-7-13(10)16)11-6-2-4-8-14(11)17;1-3-4-5-6-7-8-9-14-11-13-10-12(14)2/h1-9H,15H2;10-11H,3-9H2,1-2H3. The molecule has 0 aliphatic carbocycles. The second kappa shape index (κ2) is 14.2. The van der Waals surface area contributed by atoms with Crippen molar-refractivity contribution in [1.29, 1.82) is 0 Å². The molecule has 0 spiro atoms. The summed E-state index contributed by atoms with van der Waals surface area (Å²) in [6.45, 7) is 5.51. The molecule has 5 heteroatoms. The molecule has 0 bridgehead atoms. The van der Waals surface area contributed by atoms with Crippen molar-refractivity contribution in [1.82, 2.24) is 9.55 Å². The van der Waals surface area contributed by atoms with E-state index in [1.54, 1.807) is 0 Å². The van der Waals surface area contributed by atoms with Crippen LogP contribution >= 0.6 is 23.2 Å². The number of unbranched alkanes of at least 4 members (excludes halogenated alkanes) is 5. The molecule has 1 aromatic heterocycles. The highest BCUT2D eigenvalue weighted by Crippen LogP contribution is 2.32. The minimum atomic E-state index is 0.737. The number of aryl methyl sites for hydroxylation is 2. The highest BCUT2D eigenvalue weighted by atomic mass is 35.5. The van der Waals surface area contributed by atoms with Crippen molar-refractivity contribution in [3.8, 4) is 0 Å². The lowest BCUT2D eigenvalue weighted by atomic mass is 9.92. The zero-order valence-electron chi connectivity index (χ0n) is 19.0. The molecule has 0 N–H and O–H groups in total. The number of hydrogen-bond donors (Lipinski definition) is 0. The van der Waals surface area contributed by atoms with Gasteiger partial charge in [0.1, 0.15) is 7.85 Å². The summed E-state index contributed by atoms with van der Waals surface area (Å²) in [4.78, 5) is 4.11. The Balaban J connectivity index is 0.000000225. The van der Waals surface area contributed by atoms with E-state index in [0.29, 0.717) is 0 Å². The van der Waals surface area contributed by atoms with E-state index in [0.717, 1.165) is 33.3 Å². The number of halogens is 2. The number of rotatable bonds is 9. The van der Waals surface area contributed by atoms with Gasteiger partial charge in [0.05, 0.1) is 6.33 Å². The largest absolute Gasteiger partial charge is 0.335 e. The van der Waals surface area contributed by atoms with Crippen molar-refractivity contribution in [2.45, 2.75) is 58.9 Å². The van der Waals surface area contributed by atoms with E-state index in [4.69, 9.17) is 23.2 Å². The van der Waals surface area contributed by atoms with Crippen LogP contribution in [-0.4, -0.2) is 17.4 Å². The second-order valence-corrected chi connectivity index (χ2v) is 8.47. The molecule has 3 aromatic rings. The highest BCUT2D eigenvalue weighted by Gasteiger charge is 2.09. The van der Waals surface area contributed by atoms with Crippen LogP contribution in [0.4, 0.5) is 0 Å². The van der Waals surface area contributed by atoms with Gasteiger partial charge >= 0.3 is 0 Å². The highest BCUT2D eigenvalue weighted by molar-refractivity contribution is 6.35. The topological polar surface area (TPSA) is 17.8 Å². The number of hydrogen-bond acceptors (Lipinski definition) is 1. The first kappa shape index (κ1) is 25.3. The molecule has 2 aromatic carbocycles. The van der Waals surface area contributed by atoms with Crippen LogP contribution in [0, 0.1) is 6.92 Å². The van der Waals surface area contributed by atoms with Crippen LogP contribution in [0.2, 0.25) is 10.0 Å². The van der Waals surface area contributed by atoms with Gasteiger partial charge in [0.15, 0.2) is 0 Å². The molecule has 0 amide bonds. The predicted molar refractivity (Wildman–Crippen MR) is 139 cm³/mol. The Morgan fingerprint density at radius 2 is 1.45 bits per heavy atom. The van der Waals surface area contributed by atoms with Crippen molar-refractivity contribution in [3.63, 3.8) is 0 Å². The number of aromatic nitrogens is 2. The van der Waals surface area contributed by atoms with Crippen LogP contribution in [-0.2, 0) is 6.54 Å². The Labute approximate surface area is 198 Å². The Morgan fingerprint density at radius 3 is 1.94 bits per heavy atom. The molecular formula is C26H33BCl2N2. The molecule has 0 aliphatic heterocycles. The lowest BCUT2D eigenvalue weighted by molar-refractivity contribution is 0.552. The fourth-order valence-electron chi connectivity index (χ4n) is 3.50. The third-order valence-electron chi connectivity index (χ3n) is 5.29. The van der Waals surface area contributed by atoms with Crippen LogP contribution in [0.5, 0.6) is 0 Å². The molecule has 0 saturated heterocycles. The van der Waals surface area contributed by atoms with Gasteiger partial charge in [-0.15, -0.1) is 5.98 Å². The maximum absolute atomic E-state index is 6.22. The SMILES string of the molecule is BC=C(c1ccccc1Cl)c1ccccc1Cl.CCCCCCCCn1cncc1C. The zero-order valence-corrected chi connectivity index (χ0v) is 20.5. The molecule has 164 valence electrons. The van der Waals surface area contributed by atoms with Crippen LogP contribution in [0.25, 0.3) is 5.57 Å². The molecule has 0 aliphatic rings. The average Bonchev–Trinajstić information content (AvgIpc) is 3.19. The van der Waals surface area contributed by atoms with Gasteiger partial charge in [-0.05, 0) is 42.2 Å². The van der Waals surface area contributed by atoms with E-state index in [9.17, 15) is 0 Å². The summed E-state index contributed by atoms with van der Waals surface area (Å²) in [6, 6.07) is 15.6. The number of benzene rings is 2. The molecule has 0 fully saturated rings. The lowest BCUT2D eigenvalue weighted by Crippen LogP contribution is -1.98. The fraction of sp³-hybridized carbons (Fsp3) is 0.346. The molecule has 0 atom stereocenters. The van der Waals surface area contributed by atoms with E-state index >= 15 is 0 Å². The van der Waals surface area contributed by atoms with E-state index < -0.39 is 0 Å². The Kier molecular flexibility index (Phi) is 11.6. The second-order valence-electron chi connectivity index (χ2n) is 7.66. The van der Waals surface area contributed by atoms with Crippen LogP contribution in [0.3, 0.4) is 0 Å². The molecule has 2 nitrogen and oxygen atoms in total. The molecule has 0 unspecified atom stereocenters. The normalized spacial score (nSPS) is 10.3. The van der Waals surface area contributed by atoms with Gasteiger partial charge in [-0.3, -0.25) is 0 Å². The first-order valence-corrected chi connectivity index (χ1v) is 12.0. The van der Waals surface area contributed by atoms with Crippen LogP contribution in [0.15, 0.2) is 67.0 Å². The van der Waals surface area contributed by atoms with Crippen molar-refractivity contribution in [2.75, 3.05) is 0 Å². The number of imidazole rings is 1. The van der Waals surface area contributed by atoms with Gasteiger partial charge in [-0.25, -0.2) is 4.98 Å². The average molecular weight is 455 g/mol. The molecule has 0 saturated carbocycles. The van der Waals surface area contributed by atoms with Crippen molar-refractivity contribution in [3.05, 3.63) is 93.9 Å². The summed E-state index contributed by atoms with van der Waals surface area (Å²) < 4.78 is 2.24. The smallest absolute Gasteiger partial charge is 0.130 e. The minimum Gasteiger partial charge on any atom is -0.335 e. The summed E-state index contributed by atoms with van der Waals surface area (Å²) in [5.41, 5.74) is 4.34. The van der Waals surface area contributed by atoms with Crippen molar-refractivity contribution in [2.24, 2.45) is 0 Å². The number of nitrogens with zero attached hydrogens (tertiary/aromatic N) is 2. The van der Waals surface area contributed by atoms with Gasteiger partial charge < -0.3 is 4.57 Å². The summed E-state index contributed by atoms with van der Waals surface area (Å²) in [7, 11) is 1.99. The third kappa shape index (κ3) is 8.24. The third-order valence-corrected chi connectivity index (χ3v) is 5.95. The minimum absolute atomic E-state index is 0.737. The predicted octanol–water partition coefficient (Wildman–Crippen LogP) is 7.57. The van der Waals surface area contributed by atoms with E-state index in [-0.39, 0.29) is 0 Å². The van der Waals surface area contributed by atoms with Crippen LogP contribution in [0.1, 0.15) is 62.3 Å². The van der Waals surface area contributed by atoms with Gasteiger partial charge in [-0.2, -0.15) is 0 Å². The molecule has 31 heavy (non-hydrogen) atoms. The van der Waals surface area contributed by atoms with Gasteiger partial charge in [0.2, 0.25) is 0 Å². The van der Waals surface area contributed by atoms with Crippen molar-refractivity contribution >= 4 is 36.6 Å². The summed E-state index contributed by atoms with van der Waals surface area (Å²) >= 11 is 12.4. The monoisotopic (exact) mass is 454 g/mol. The maximum Gasteiger partial charge on any atom is 0.130 e. The van der Waals surface area contributed by atoms with Gasteiger partial charge in [-0.1, -0.05) is 98.6 Å². The van der Waals surface area contributed by atoms with E-state index in [1.165, 1.54) is 44.2 Å².